The molecule has 3 nitrogen and oxygen atoms in total. The van der Waals surface area contributed by atoms with E-state index in [1.165, 1.54) is 6.92 Å². The van der Waals surface area contributed by atoms with Crippen molar-refractivity contribution in [2.75, 3.05) is 0 Å². The molecular formula is C25H26O3S. The Morgan fingerprint density at radius 3 is 2.41 bits per heavy atom. The summed E-state index contributed by atoms with van der Waals surface area (Å²) in [6.45, 7) is 3.52. The number of fused-ring (bicyclic) bond motifs is 1. The molecular weight excluding hydrogens is 380 g/mol. The summed E-state index contributed by atoms with van der Waals surface area (Å²) in [5.41, 5.74) is 0.852. The molecule has 4 heteroatoms. The van der Waals surface area contributed by atoms with Gasteiger partial charge in [0.1, 0.15) is 0 Å². The number of allylic oxidation sites excluding steroid dienone is 1. The van der Waals surface area contributed by atoms with Gasteiger partial charge in [-0.25, -0.2) is 4.21 Å². The fraction of sp³-hybridized carbons (Fsp3) is 0.240. The highest BCUT2D eigenvalue weighted by atomic mass is 32.2. The molecule has 2 atom stereocenters. The van der Waals surface area contributed by atoms with Crippen LogP contribution in [0.4, 0.5) is 0 Å². The number of carbonyl (C=O) groups is 1. The van der Waals surface area contributed by atoms with Gasteiger partial charge in [0, 0.05) is 17.4 Å². The first-order valence-electron chi connectivity index (χ1n) is 9.93. The molecule has 0 aliphatic carbocycles. The minimum absolute atomic E-state index is 0.394. The summed E-state index contributed by atoms with van der Waals surface area (Å²) >= 11 is 0. The van der Waals surface area contributed by atoms with Crippen LogP contribution in [0.2, 0.25) is 0 Å². The van der Waals surface area contributed by atoms with Crippen molar-refractivity contribution in [2.24, 2.45) is 0 Å². The maximum atomic E-state index is 13.5. The van der Waals surface area contributed by atoms with E-state index >= 15 is 0 Å². The van der Waals surface area contributed by atoms with Crippen molar-refractivity contribution in [3.8, 4) is 0 Å². The van der Waals surface area contributed by atoms with Gasteiger partial charge in [0.25, 0.3) is 0 Å². The van der Waals surface area contributed by atoms with E-state index < -0.39 is 22.9 Å². The molecule has 150 valence electrons. The molecule has 0 aliphatic rings. The maximum Gasteiger partial charge on any atom is 0.303 e. The molecule has 3 aromatic rings. The summed E-state index contributed by atoms with van der Waals surface area (Å²) in [5, 5.41) is 2.05. The Morgan fingerprint density at radius 2 is 1.69 bits per heavy atom. The quantitative estimate of drug-likeness (QED) is 0.324. The van der Waals surface area contributed by atoms with Crippen LogP contribution in [0.3, 0.4) is 0 Å². The highest BCUT2D eigenvalue weighted by Gasteiger charge is 2.27. The third kappa shape index (κ3) is 5.21. The molecule has 29 heavy (non-hydrogen) atoms. The number of benzene rings is 3. The summed E-state index contributed by atoms with van der Waals surface area (Å²) in [6.07, 6.45) is 4.09. The van der Waals surface area contributed by atoms with Gasteiger partial charge >= 0.3 is 5.97 Å². The molecule has 0 aromatic heterocycles. The predicted octanol–water partition coefficient (Wildman–Crippen LogP) is 6.33. The third-order valence-corrected chi connectivity index (χ3v) is 6.23. The van der Waals surface area contributed by atoms with E-state index in [1.807, 2.05) is 78.9 Å². The average molecular weight is 407 g/mol. The second-order valence-electron chi connectivity index (χ2n) is 6.89. The molecule has 0 bridgehead atoms. The Morgan fingerprint density at radius 1 is 1.00 bits per heavy atom. The number of unbranched alkanes of at least 4 members (excludes halogenated alkanes) is 2. The van der Waals surface area contributed by atoms with E-state index in [-0.39, 0.29) is 0 Å². The summed E-state index contributed by atoms with van der Waals surface area (Å²) < 4.78 is 19.3. The second-order valence-corrected chi connectivity index (χ2v) is 8.37. The van der Waals surface area contributed by atoms with Crippen molar-refractivity contribution in [1.82, 2.24) is 0 Å². The topological polar surface area (TPSA) is 43.4 Å². The van der Waals surface area contributed by atoms with Crippen LogP contribution in [-0.2, 0) is 20.3 Å². The van der Waals surface area contributed by atoms with E-state index in [0.717, 1.165) is 35.6 Å². The molecule has 0 fully saturated rings. The lowest BCUT2D eigenvalue weighted by atomic mass is 9.99. The molecule has 0 N–H and O–H groups in total. The zero-order valence-corrected chi connectivity index (χ0v) is 17.7. The maximum absolute atomic E-state index is 13.5. The number of esters is 1. The monoisotopic (exact) mass is 406 g/mol. The average Bonchev–Trinajstić information content (AvgIpc) is 2.75. The van der Waals surface area contributed by atoms with Crippen LogP contribution in [0.1, 0.15) is 44.8 Å². The standard InChI is InChI=1S/C25H26O3S/c1-3-4-6-18-24(29(27)21-14-7-5-8-15-21)25(28-19(2)26)23-17-11-13-20-12-9-10-16-22(20)23/h5,7-18,25H,3-4,6H2,1-2H3/b24-18+. The molecule has 2 unspecified atom stereocenters. The lowest BCUT2D eigenvalue weighted by molar-refractivity contribution is -0.144. The molecule has 0 saturated heterocycles. The molecule has 0 aliphatic heterocycles. The molecule has 3 rings (SSSR count). The lowest BCUT2D eigenvalue weighted by Crippen LogP contribution is -2.15. The van der Waals surface area contributed by atoms with Gasteiger partial charge in [0.05, 0.1) is 15.7 Å². The predicted molar refractivity (Wildman–Crippen MR) is 119 cm³/mol. The Bertz CT molecular complexity index is 1020. The van der Waals surface area contributed by atoms with Crippen LogP contribution >= 0.6 is 0 Å². The highest BCUT2D eigenvalue weighted by Crippen LogP contribution is 2.36. The minimum Gasteiger partial charge on any atom is -0.452 e. The summed E-state index contributed by atoms with van der Waals surface area (Å²) in [5.74, 6) is -0.394. The molecule has 0 saturated carbocycles. The number of rotatable bonds is 8. The van der Waals surface area contributed by atoms with Crippen molar-refractivity contribution in [2.45, 2.75) is 44.1 Å². The number of ether oxygens (including phenoxy) is 1. The van der Waals surface area contributed by atoms with Crippen molar-refractivity contribution in [3.05, 3.63) is 89.3 Å². The summed E-state index contributed by atoms with van der Waals surface area (Å²) in [6, 6.07) is 23.2. The number of hydrogen-bond acceptors (Lipinski definition) is 3. The Balaban J connectivity index is 2.14. The van der Waals surface area contributed by atoms with Crippen LogP contribution < -0.4 is 0 Å². The van der Waals surface area contributed by atoms with Gasteiger partial charge in [-0.2, -0.15) is 0 Å². The Hall–Kier alpha value is -2.72. The largest absolute Gasteiger partial charge is 0.452 e. The normalized spacial score (nSPS) is 13.8. The summed E-state index contributed by atoms with van der Waals surface area (Å²) in [7, 11) is -1.43. The van der Waals surface area contributed by atoms with E-state index in [4.69, 9.17) is 4.74 Å². The van der Waals surface area contributed by atoms with E-state index in [0.29, 0.717) is 9.80 Å². The van der Waals surface area contributed by atoms with Gasteiger partial charge in [-0.15, -0.1) is 0 Å². The summed E-state index contributed by atoms with van der Waals surface area (Å²) in [4.78, 5) is 13.3. The molecule has 3 aromatic carbocycles. The van der Waals surface area contributed by atoms with Gasteiger partial charge in [0.2, 0.25) is 0 Å². The van der Waals surface area contributed by atoms with Crippen LogP contribution in [0.15, 0.2) is 88.7 Å². The zero-order chi connectivity index (χ0) is 20.6. The van der Waals surface area contributed by atoms with Gasteiger partial charge < -0.3 is 4.74 Å². The number of carbonyl (C=O) groups excluding carboxylic acids is 1. The SMILES string of the molecule is CCCC/C=C(\C(OC(C)=O)c1cccc2ccccc12)S(=O)c1ccccc1. The van der Waals surface area contributed by atoms with E-state index in [1.54, 1.807) is 0 Å². The van der Waals surface area contributed by atoms with Crippen LogP contribution in [-0.4, -0.2) is 10.2 Å². The van der Waals surface area contributed by atoms with E-state index in [2.05, 4.69) is 6.92 Å². The van der Waals surface area contributed by atoms with E-state index in [9.17, 15) is 9.00 Å². The zero-order valence-electron chi connectivity index (χ0n) is 16.8. The molecule has 0 heterocycles. The van der Waals surface area contributed by atoms with Crippen molar-refractivity contribution < 1.29 is 13.7 Å². The van der Waals surface area contributed by atoms with Gasteiger partial charge in [-0.1, -0.05) is 86.5 Å². The highest BCUT2D eigenvalue weighted by molar-refractivity contribution is 7.89. The van der Waals surface area contributed by atoms with Gasteiger partial charge in [-0.3, -0.25) is 4.79 Å². The van der Waals surface area contributed by atoms with Crippen LogP contribution in [0.25, 0.3) is 10.8 Å². The Kier molecular flexibility index (Phi) is 7.36. The second kappa shape index (κ2) is 10.2. The lowest BCUT2D eigenvalue weighted by Gasteiger charge is -2.22. The van der Waals surface area contributed by atoms with Gasteiger partial charge in [-0.05, 0) is 29.3 Å². The number of hydrogen-bond donors (Lipinski definition) is 0. The van der Waals surface area contributed by atoms with Gasteiger partial charge in [0.15, 0.2) is 6.10 Å². The first kappa shape index (κ1) is 21.0. The van der Waals surface area contributed by atoms with Crippen molar-refractivity contribution >= 4 is 27.5 Å². The fourth-order valence-electron chi connectivity index (χ4n) is 3.33. The van der Waals surface area contributed by atoms with Crippen LogP contribution in [0.5, 0.6) is 0 Å². The Labute approximate surface area is 174 Å². The minimum atomic E-state index is -1.43. The van der Waals surface area contributed by atoms with Crippen LogP contribution in [0, 0.1) is 0 Å². The molecule has 0 amide bonds. The molecule has 0 spiro atoms. The smallest absolute Gasteiger partial charge is 0.303 e. The third-order valence-electron chi connectivity index (χ3n) is 4.72. The van der Waals surface area contributed by atoms with Crippen molar-refractivity contribution in [1.29, 1.82) is 0 Å². The first-order chi connectivity index (χ1) is 14.1. The fourth-order valence-corrected chi connectivity index (χ4v) is 4.64. The first-order valence-corrected chi connectivity index (χ1v) is 11.1. The van der Waals surface area contributed by atoms with Crippen molar-refractivity contribution in [3.63, 3.8) is 0 Å². The molecule has 0 radical (unpaired) electrons.